The van der Waals surface area contributed by atoms with Gasteiger partial charge in [0.2, 0.25) is 15.9 Å². The summed E-state index contributed by atoms with van der Waals surface area (Å²) in [6.07, 6.45) is 3.58. The lowest BCUT2D eigenvalue weighted by Crippen LogP contribution is -2.58. The van der Waals surface area contributed by atoms with Crippen LogP contribution >= 0.6 is 0 Å². The quantitative estimate of drug-likeness (QED) is 0.174. The van der Waals surface area contributed by atoms with Gasteiger partial charge in [-0.25, -0.2) is 18.0 Å². The van der Waals surface area contributed by atoms with Crippen molar-refractivity contribution < 1.29 is 27.5 Å². The number of aromatic nitrogens is 1. The number of hydrogen-bond donors (Lipinski definition) is 4. The van der Waals surface area contributed by atoms with Crippen LogP contribution in [0, 0.1) is 0 Å². The number of amides is 3. The molecule has 1 saturated heterocycles. The van der Waals surface area contributed by atoms with Crippen LogP contribution in [0.25, 0.3) is 10.9 Å². The van der Waals surface area contributed by atoms with Gasteiger partial charge in [-0.2, -0.15) is 4.31 Å². The molecule has 1 aliphatic rings. The number of nitrogens with zero attached hydrogens (tertiary/aromatic N) is 2. The lowest BCUT2D eigenvalue weighted by atomic mass is 10.0. The van der Waals surface area contributed by atoms with Crippen LogP contribution in [0.4, 0.5) is 4.79 Å². The first kappa shape index (κ1) is 33.9. The summed E-state index contributed by atoms with van der Waals surface area (Å²) in [6.45, 7) is 6.27. The number of benzene rings is 2. The molecule has 0 radical (unpaired) electrons. The van der Waals surface area contributed by atoms with Crippen molar-refractivity contribution in [2.75, 3.05) is 32.7 Å². The highest BCUT2D eigenvalue weighted by molar-refractivity contribution is 7.89. The summed E-state index contributed by atoms with van der Waals surface area (Å²) in [5.74, 6) is -1.08. The number of ether oxygens (including phenoxy) is 1. The van der Waals surface area contributed by atoms with Gasteiger partial charge in [-0.15, -0.1) is 0 Å². The van der Waals surface area contributed by atoms with Gasteiger partial charge in [0.15, 0.2) is 0 Å². The molecule has 3 amide bonds. The van der Waals surface area contributed by atoms with Gasteiger partial charge in [0.1, 0.15) is 17.7 Å². The van der Waals surface area contributed by atoms with Crippen LogP contribution in [-0.4, -0.2) is 90.9 Å². The van der Waals surface area contributed by atoms with Gasteiger partial charge in [0, 0.05) is 49.7 Å². The molecule has 3 aromatic rings. The van der Waals surface area contributed by atoms with E-state index in [4.69, 9.17) is 10.5 Å². The Kier molecular flexibility index (Phi) is 11.2. The van der Waals surface area contributed by atoms with Crippen molar-refractivity contribution in [1.82, 2.24) is 24.8 Å². The van der Waals surface area contributed by atoms with E-state index in [1.807, 2.05) is 24.3 Å². The molecule has 1 aromatic heterocycles. The number of hydrogen-bond acceptors (Lipinski definition) is 7. The first-order valence-electron chi connectivity index (χ1n) is 15.3. The van der Waals surface area contributed by atoms with Crippen molar-refractivity contribution in [3.63, 3.8) is 0 Å². The van der Waals surface area contributed by atoms with E-state index < -0.39 is 45.6 Å². The van der Waals surface area contributed by atoms with Gasteiger partial charge in [0.05, 0.1) is 4.90 Å². The van der Waals surface area contributed by atoms with E-state index in [0.717, 1.165) is 16.5 Å². The summed E-state index contributed by atoms with van der Waals surface area (Å²) in [7, 11) is -3.69. The highest BCUT2D eigenvalue weighted by Gasteiger charge is 2.34. The molecule has 4 rings (SSSR count). The second-order valence-corrected chi connectivity index (χ2v) is 14.1. The minimum Gasteiger partial charge on any atom is -0.458 e. The third kappa shape index (κ3) is 9.05. The summed E-state index contributed by atoms with van der Waals surface area (Å²) >= 11 is 0. The van der Waals surface area contributed by atoms with Gasteiger partial charge in [0.25, 0.3) is 0 Å². The van der Waals surface area contributed by atoms with Crippen LogP contribution in [0.3, 0.4) is 0 Å². The van der Waals surface area contributed by atoms with Gasteiger partial charge in [-0.05, 0) is 70.3 Å². The van der Waals surface area contributed by atoms with Crippen LogP contribution in [-0.2, 0) is 30.8 Å². The van der Waals surface area contributed by atoms with Gasteiger partial charge < -0.3 is 31.0 Å². The largest absolute Gasteiger partial charge is 0.458 e. The number of nitrogens with one attached hydrogen (secondary N) is 3. The number of H-pyrrole nitrogens is 1. The molecule has 0 aliphatic carbocycles. The molecule has 5 N–H and O–H groups in total. The Morgan fingerprint density at radius 1 is 0.933 bits per heavy atom. The average molecular weight is 641 g/mol. The van der Waals surface area contributed by atoms with Crippen LogP contribution in [0.1, 0.15) is 45.6 Å². The number of rotatable bonds is 12. The second-order valence-electron chi connectivity index (χ2n) is 12.1. The van der Waals surface area contributed by atoms with E-state index in [1.54, 1.807) is 57.3 Å². The molecule has 45 heavy (non-hydrogen) atoms. The third-order valence-corrected chi connectivity index (χ3v) is 9.49. The van der Waals surface area contributed by atoms with Gasteiger partial charge in [-0.3, -0.25) is 4.79 Å². The maximum Gasteiger partial charge on any atom is 0.329 e. The van der Waals surface area contributed by atoms with E-state index in [2.05, 4.69) is 15.6 Å². The summed E-state index contributed by atoms with van der Waals surface area (Å²) in [6, 6.07) is 13.4. The van der Waals surface area contributed by atoms with Crippen LogP contribution in [0.15, 0.2) is 65.7 Å². The molecule has 1 fully saturated rings. The van der Waals surface area contributed by atoms with Crippen molar-refractivity contribution in [2.24, 2.45) is 5.73 Å². The monoisotopic (exact) mass is 640 g/mol. The topological polar surface area (TPSA) is 167 Å². The molecule has 2 atom stereocenters. The zero-order valence-corrected chi connectivity index (χ0v) is 26.9. The Hall–Kier alpha value is -3.94. The van der Waals surface area contributed by atoms with Crippen LogP contribution in [0.5, 0.6) is 0 Å². The number of nitrogens with two attached hydrogens (primary N) is 1. The van der Waals surface area contributed by atoms with Crippen molar-refractivity contribution in [2.45, 2.75) is 69.0 Å². The number of unbranched alkanes of at least 4 members (excludes halogenated alkanes) is 1. The van der Waals surface area contributed by atoms with Crippen molar-refractivity contribution in [1.29, 1.82) is 0 Å². The van der Waals surface area contributed by atoms with E-state index in [9.17, 15) is 22.8 Å². The Labute approximate surface area is 264 Å². The Morgan fingerprint density at radius 2 is 1.60 bits per heavy atom. The van der Waals surface area contributed by atoms with Crippen molar-refractivity contribution >= 4 is 38.8 Å². The zero-order chi connectivity index (χ0) is 32.6. The number of esters is 1. The highest BCUT2D eigenvalue weighted by atomic mass is 32.2. The Bertz CT molecular complexity index is 1560. The number of urea groups is 1. The number of aromatic amines is 1. The predicted molar refractivity (Wildman–Crippen MR) is 172 cm³/mol. The van der Waals surface area contributed by atoms with E-state index in [-0.39, 0.29) is 37.5 Å². The lowest BCUT2D eigenvalue weighted by Gasteiger charge is -2.35. The fourth-order valence-electron chi connectivity index (χ4n) is 5.23. The fourth-order valence-corrected chi connectivity index (χ4v) is 6.67. The number of carbonyl (C=O) groups excluding carboxylic acids is 3. The molecule has 0 bridgehead atoms. The predicted octanol–water partition coefficient (Wildman–Crippen LogP) is 2.75. The molecular weight excluding hydrogens is 596 g/mol. The number of fused-ring (bicyclic) bond motifs is 1. The number of carbonyl (C=O) groups is 3. The molecule has 1 aliphatic heterocycles. The maximum atomic E-state index is 13.8. The average Bonchev–Trinajstić information content (AvgIpc) is 3.42. The van der Waals surface area contributed by atoms with Crippen LogP contribution < -0.4 is 16.4 Å². The number of sulfonamides is 1. The van der Waals surface area contributed by atoms with Gasteiger partial charge in [-0.1, -0.05) is 36.4 Å². The SMILES string of the molecule is CC(C)(C)OC(=O)[C@H](CCCCN)NC(=O)C(Cc1c[nH]c2ccccc12)NC(=O)N1CCN(S(=O)(=O)c2ccccc2)CC1. The van der Waals surface area contributed by atoms with Crippen molar-refractivity contribution in [3.8, 4) is 0 Å². The minimum absolute atomic E-state index is 0.117. The molecule has 244 valence electrons. The van der Waals surface area contributed by atoms with Gasteiger partial charge >= 0.3 is 12.0 Å². The molecule has 12 nitrogen and oxygen atoms in total. The Morgan fingerprint density at radius 3 is 2.27 bits per heavy atom. The zero-order valence-electron chi connectivity index (χ0n) is 26.1. The molecule has 13 heteroatoms. The highest BCUT2D eigenvalue weighted by Crippen LogP contribution is 2.21. The second kappa shape index (κ2) is 14.9. The number of piperazine rings is 1. The normalized spacial score (nSPS) is 15.8. The molecule has 0 saturated carbocycles. The summed E-state index contributed by atoms with van der Waals surface area (Å²) in [5, 5.41) is 6.60. The summed E-state index contributed by atoms with van der Waals surface area (Å²) in [5.41, 5.74) is 6.62. The summed E-state index contributed by atoms with van der Waals surface area (Å²) < 4.78 is 33.1. The number of para-hydroxylation sites is 1. The van der Waals surface area contributed by atoms with E-state index >= 15 is 0 Å². The van der Waals surface area contributed by atoms with E-state index in [0.29, 0.717) is 25.8 Å². The first-order valence-corrected chi connectivity index (χ1v) is 16.7. The molecule has 0 spiro atoms. The first-order chi connectivity index (χ1) is 21.4. The standard InChI is InChI=1S/C32H44N6O6S/c1-32(2,3)44-30(40)27(15-9-10-16-33)35-29(39)28(21-23-22-34-26-14-8-7-13-25(23)26)36-31(41)37-17-19-38(20-18-37)45(42,43)24-11-5-4-6-12-24/h4-8,11-14,22,27-28,34H,9-10,15-21,33H2,1-3H3,(H,35,39)(H,36,41)/t27-,28?/m0/s1. The minimum atomic E-state index is -3.69. The molecular formula is C32H44N6O6S. The smallest absolute Gasteiger partial charge is 0.329 e. The lowest BCUT2D eigenvalue weighted by molar-refractivity contribution is -0.159. The van der Waals surface area contributed by atoms with Crippen LogP contribution in [0.2, 0.25) is 0 Å². The maximum absolute atomic E-state index is 13.8. The molecule has 2 heterocycles. The Balaban J connectivity index is 1.50. The third-order valence-electron chi connectivity index (χ3n) is 7.57. The summed E-state index contributed by atoms with van der Waals surface area (Å²) in [4.78, 5) is 45.3. The fraction of sp³-hybridized carbons (Fsp3) is 0.469. The van der Waals surface area contributed by atoms with Crippen molar-refractivity contribution in [3.05, 3.63) is 66.4 Å². The van der Waals surface area contributed by atoms with E-state index in [1.165, 1.54) is 9.21 Å². The molecule has 2 aromatic carbocycles. The molecule has 1 unspecified atom stereocenters.